The van der Waals surface area contributed by atoms with Gasteiger partial charge in [-0.25, -0.2) is 9.78 Å². The maximum atomic E-state index is 12.6. The molecule has 0 radical (unpaired) electrons. The maximum Gasteiger partial charge on any atom is 0.359 e. The molecule has 1 aliphatic heterocycles. The Morgan fingerprint density at radius 3 is 2.64 bits per heavy atom. The zero-order valence-electron chi connectivity index (χ0n) is 14.0. The number of hydrogen-bond acceptors (Lipinski definition) is 5. The van der Waals surface area contributed by atoms with E-state index in [9.17, 15) is 9.59 Å². The predicted octanol–water partition coefficient (Wildman–Crippen LogP) is 3.96. The number of halogens is 3. The molecule has 0 saturated carbocycles. The molecule has 1 aromatic heterocycles. The molecule has 2 heterocycles. The van der Waals surface area contributed by atoms with Gasteiger partial charge in [-0.2, -0.15) is 0 Å². The standard InChI is InChI=1S/C16H20Cl3N3O3/c1-3-9-6-4-5-7-22(9)15(23)8(2)25-16(24)13-10(17)12(20)11(18)14(19)21-13/h8-9H,3-7H2,1-2H3,(H2,20,21). The first-order chi connectivity index (χ1) is 11.8. The Morgan fingerprint density at radius 1 is 1.32 bits per heavy atom. The van der Waals surface area contributed by atoms with Crippen LogP contribution in [0.4, 0.5) is 5.69 Å². The highest BCUT2D eigenvalue weighted by atomic mass is 35.5. The highest BCUT2D eigenvalue weighted by Gasteiger charge is 2.31. The Balaban J connectivity index is 2.13. The molecule has 2 rings (SSSR count). The molecule has 0 aliphatic carbocycles. The normalized spacial score (nSPS) is 18.8. The first-order valence-corrected chi connectivity index (χ1v) is 9.22. The van der Waals surface area contributed by atoms with Crippen LogP contribution in [0.25, 0.3) is 0 Å². The van der Waals surface area contributed by atoms with E-state index in [1.807, 2.05) is 6.92 Å². The number of pyridine rings is 1. The quantitative estimate of drug-likeness (QED) is 0.602. The first kappa shape index (κ1) is 20.1. The van der Waals surface area contributed by atoms with Gasteiger partial charge in [0.15, 0.2) is 17.0 Å². The van der Waals surface area contributed by atoms with Crippen molar-refractivity contribution in [2.24, 2.45) is 0 Å². The summed E-state index contributed by atoms with van der Waals surface area (Å²) in [6.45, 7) is 4.23. The molecule has 1 saturated heterocycles. The third-order valence-corrected chi connectivity index (χ3v) is 5.41. The summed E-state index contributed by atoms with van der Waals surface area (Å²) in [6, 6.07) is 0.171. The number of ether oxygens (including phenoxy) is 1. The van der Waals surface area contributed by atoms with Crippen molar-refractivity contribution >= 4 is 52.4 Å². The second-order valence-electron chi connectivity index (χ2n) is 5.93. The fourth-order valence-electron chi connectivity index (χ4n) is 2.88. The summed E-state index contributed by atoms with van der Waals surface area (Å²) in [5.74, 6) is -1.11. The van der Waals surface area contributed by atoms with E-state index >= 15 is 0 Å². The molecule has 25 heavy (non-hydrogen) atoms. The number of rotatable bonds is 4. The summed E-state index contributed by atoms with van der Waals surface area (Å²) < 4.78 is 5.24. The minimum absolute atomic E-state index is 0.0357. The lowest BCUT2D eigenvalue weighted by atomic mass is 9.99. The van der Waals surface area contributed by atoms with E-state index in [1.165, 1.54) is 6.92 Å². The number of carbonyl (C=O) groups is 2. The zero-order valence-corrected chi connectivity index (χ0v) is 16.3. The minimum atomic E-state index is -0.965. The van der Waals surface area contributed by atoms with Crippen molar-refractivity contribution in [1.82, 2.24) is 9.88 Å². The van der Waals surface area contributed by atoms with Crippen molar-refractivity contribution in [2.45, 2.75) is 51.7 Å². The van der Waals surface area contributed by atoms with E-state index in [4.69, 9.17) is 45.3 Å². The number of aromatic nitrogens is 1. The van der Waals surface area contributed by atoms with Crippen molar-refractivity contribution in [3.8, 4) is 0 Å². The van der Waals surface area contributed by atoms with Gasteiger partial charge in [-0.3, -0.25) is 4.79 Å². The number of hydrogen-bond donors (Lipinski definition) is 1. The molecule has 9 heteroatoms. The summed E-state index contributed by atoms with van der Waals surface area (Å²) in [5.41, 5.74) is 5.37. The molecule has 6 nitrogen and oxygen atoms in total. The van der Waals surface area contributed by atoms with Crippen LogP contribution < -0.4 is 5.73 Å². The lowest BCUT2D eigenvalue weighted by Crippen LogP contribution is -2.48. The molecule has 1 amide bonds. The van der Waals surface area contributed by atoms with E-state index in [0.717, 1.165) is 25.7 Å². The number of likely N-dealkylation sites (tertiary alicyclic amines) is 1. The molecule has 2 N–H and O–H groups in total. The van der Waals surface area contributed by atoms with Crippen LogP contribution in [0.3, 0.4) is 0 Å². The van der Waals surface area contributed by atoms with Gasteiger partial charge in [0.1, 0.15) is 5.02 Å². The Bertz CT molecular complexity index is 684. The molecule has 0 bridgehead atoms. The van der Waals surface area contributed by atoms with Crippen LogP contribution in [0, 0.1) is 0 Å². The summed E-state index contributed by atoms with van der Waals surface area (Å²) in [6.07, 6.45) is 2.90. The molecular formula is C16H20Cl3N3O3. The van der Waals surface area contributed by atoms with Crippen LogP contribution in [-0.4, -0.2) is 40.5 Å². The van der Waals surface area contributed by atoms with Gasteiger partial charge in [0.25, 0.3) is 5.91 Å². The Hall–Kier alpha value is -1.24. The van der Waals surface area contributed by atoms with Crippen LogP contribution in [-0.2, 0) is 9.53 Å². The van der Waals surface area contributed by atoms with Gasteiger partial charge in [0.2, 0.25) is 0 Å². The average Bonchev–Trinajstić information content (AvgIpc) is 2.61. The lowest BCUT2D eigenvalue weighted by Gasteiger charge is -2.36. The van der Waals surface area contributed by atoms with Gasteiger partial charge in [0.05, 0.1) is 10.7 Å². The number of piperidine rings is 1. The highest BCUT2D eigenvalue weighted by Crippen LogP contribution is 2.34. The Labute approximate surface area is 161 Å². The van der Waals surface area contributed by atoms with Crippen molar-refractivity contribution in [1.29, 1.82) is 0 Å². The topological polar surface area (TPSA) is 85.5 Å². The number of anilines is 1. The predicted molar refractivity (Wildman–Crippen MR) is 98.2 cm³/mol. The number of esters is 1. The third kappa shape index (κ3) is 4.30. The molecule has 138 valence electrons. The SMILES string of the molecule is CCC1CCCCN1C(=O)C(C)OC(=O)c1nc(Cl)c(Cl)c(N)c1Cl. The molecule has 1 aliphatic rings. The first-order valence-electron chi connectivity index (χ1n) is 8.09. The van der Waals surface area contributed by atoms with Gasteiger partial charge in [-0.15, -0.1) is 0 Å². The average molecular weight is 409 g/mol. The van der Waals surface area contributed by atoms with Gasteiger partial charge in [0, 0.05) is 12.6 Å². The van der Waals surface area contributed by atoms with E-state index in [1.54, 1.807) is 4.90 Å². The van der Waals surface area contributed by atoms with Crippen molar-refractivity contribution in [3.63, 3.8) is 0 Å². The number of amides is 1. The highest BCUT2D eigenvalue weighted by molar-refractivity contribution is 6.46. The summed E-state index contributed by atoms with van der Waals surface area (Å²) in [4.78, 5) is 30.6. The maximum absolute atomic E-state index is 12.6. The molecule has 1 aromatic rings. The fraction of sp³-hybridized carbons (Fsp3) is 0.562. The van der Waals surface area contributed by atoms with Crippen LogP contribution >= 0.6 is 34.8 Å². The van der Waals surface area contributed by atoms with Gasteiger partial charge in [-0.05, 0) is 32.6 Å². The minimum Gasteiger partial charge on any atom is -0.448 e. The Kier molecular flexibility index (Phi) is 6.77. The second kappa shape index (κ2) is 8.43. The largest absolute Gasteiger partial charge is 0.448 e. The lowest BCUT2D eigenvalue weighted by molar-refractivity contribution is -0.143. The monoisotopic (exact) mass is 407 g/mol. The van der Waals surface area contributed by atoms with Gasteiger partial charge >= 0.3 is 5.97 Å². The van der Waals surface area contributed by atoms with Crippen LogP contribution in [0.15, 0.2) is 0 Å². The van der Waals surface area contributed by atoms with Gasteiger partial charge < -0.3 is 15.4 Å². The fourth-order valence-corrected chi connectivity index (χ4v) is 3.47. The summed E-state index contributed by atoms with van der Waals surface area (Å²) >= 11 is 17.7. The van der Waals surface area contributed by atoms with E-state index in [0.29, 0.717) is 6.54 Å². The molecular weight excluding hydrogens is 389 g/mol. The summed E-state index contributed by atoms with van der Waals surface area (Å²) in [7, 11) is 0. The number of nitrogens with two attached hydrogens (primary N) is 1. The molecule has 0 aromatic carbocycles. The molecule has 1 fully saturated rings. The van der Waals surface area contributed by atoms with Crippen molar-refractivity contribution < 1.29 is 14.3 Å². The Morgan fingerprint density at radius 2 is 2.00 bits per heavy atom. The van der Waals surface area contributed by atoms with Crippen LogP contribution in [0.2, 0.25) is 15.2 Å². The molecule has 0 spiro atoms. The zero-order chi connectivity index (χ0) is 18.7. The van der Waals surface area contributed by atoms with E-state index < -0.39 is 12.1 Å². The van der Waals surface area contributed by atoms with E-state index in [-0.39, 0.29) is 38.5 Å². The van der Waals surface area contributed by atoms with Crippen molar-refractivity contribution in [2.75, 3.05) is 12.3 Å². The molecule has 2 atom stereocenters. The second-order valence-corrected chi connectivity index (χ2v) is 7.04. The third-order valence-electron chi connectivity index (χ3n) is 4.28. The van der Waals surface area contributed by atoms with Crippen molar-refractivity contribution in [3.05, 3.63) is 20.9 Å². The van der Waals surface area contributed by atoms with Crippen LogP contribution in [0.5, 0.6) is 0 Å². The van der Waals surface area contributed by atoms with Gasteiger partial charge in [-0.1, -0.05) is 41.7 Å². The van der Waals surface area contributed by atoms with E-state index in [2.05, 4.69) is 4.98 Å². The smallest absolute Gasteiger partial charge is 0.359 e. The number of nitrogen functional groups attached to an aromatic ring is 1. The summed E-state index contributed by atoms with van der Waals surface area (Å²) in [5, 5.41) is -0.341. The number of carbonyl (C=O) groups excluding carboxylic acids is 2. The number of nitrogens with zero attached hydrogens (tertiary/aromatic N) is 2. The molecule has 2 unspecified atom stereocenters. The van der Waals surface area contributed by atoms with Crippen LogP contribution in [0.1, 0.15) is 50.0 Å².